The van der Waals surface area contributed by atoms with Crippen molar-refractivity contribution in [2.24, 2.45) is 5.92 Å². The van der Waals surface area contributed by atoms with Crippen LogP contribution in [0.5, 0.6) is 11.5 Å². The number of methoxy groups -OCH3 is 1. The Bertz CT molecular complexity index is 1280. The van der Waals surface area contributed by atoms with Gasteiger partial charge in [0.15, 0.2) is 0 Å². The molecule has 0 aliphatic heterocycles. The number of para-hydroxylation sites is 1. The van der Waals surface area contributed by atoms with Crippen LogP contribution in [-0.4, -0.2) is 37.4 Å². The molecule has 0 saturated carbocycles. The summed E-state index contributed by atoms with van der Waals surface area (Å²) in [6.45, 7) is 5.89. The number of furan rings is 1. The lowest BCUT2D eigenvalue weighted by atomic mass is 10.0. The number of aliphatic carboxylic acids is 1. The van der Waals surface area contributed by atoms with Gasteiger partial charge in [0.05, 0.1) is 25.1 Å². The van der Waals surface area contributed by atoms with E-state index in [4.69, 9.17) is 19.0 Å². The van der Waals surface area contributed by atoms with E-state index in [0.29, 0.717) is 31.4 Å². The Labute approximate surface area is 217 Å². The molecule has 1 aromatic heterocycles. The Kier molecular flexibility index (Phi) is 8.69. The van der Waals surface area contributed by atoms with Gasteiger partial charge in [0, 0.05) is 30.2 Å². The molecule has 3 N–H and O–H groups in total. The van der Waals surface area contributed by atoms with Crippen LogP contribution in [0.3, 0.4) is 0 Å². The number of benzene rings is 3. The second-order valence-corrected chi connectivity index (χ2v) is 9.33. The Balaban J connectivity index is 1.37. The quantitative estimate of drug-likeness (QED) is 0.188. The third kappa shape index (κ3) is 7.05. The number of hydrogen-bond donors (Lipinski definition) is 3. The summed E-state index contributed by atoms with van der Waals surface area (Å²) in [5.41, 5.74) is 3.83. The highest BCUT2D eigenvalue weighted by Gasteiger charge is 2.16. The summed E-state index contributed by atoms with van der Waals surface area (Å²) in [6, 6.07) is 24.0. The maximum absolute atomic E-state index is 10.6. The van der Waals surface area contributed by atoms with Gasteiger partial charge in [0.1, 0.15) is 29.4 Å². The first-order valence-corrected chi connectivity index (χ1v) is 12.5. The summed E-state index contributed by atoms with van der Waals surface area (Å²) in [5, 5.41) is 16.5. The van der Waals surface area contributed by atoms with Crippen LogP contribution in [0.15, 0.2) is 77.2 Å². The van der Waals surface area contributed by atoms with E-state index in [1.54, 1.807) is 7.11 Å². The van der Waals surface area contributed by atoms with Crippen LogP contribution < -0.4 is 20.1 Å². The van der Waals surface area contributed by atoms with Crippen molar-refractivity contribution < 1.29 is 23.8 Å². The highest BCUT2D eigenvalue weighted by atomic mass is 16.5. The van der Waals surface area contributed by atoms with Crippen LogP contribution in [0.4, 0.5) is 5.69 Å². The van der Waals surface area contributed by atoms with E-state index >= 15 is 0 Å². The summed E-state index contributed by atoms with van der Waals surface area (Å²) in [4.78, 5) is 10.6. The molecule has 7 nitrogen and oxygen atoms in total. The number of hydrogen-bond acceptors (Lipinski definition) is 6. The van der Waals surface area contributed by atoms with Gasteiger partial charge in [-0.3, -0.25) is 4.79 Å². The van der Waals surface area contributed by atoms with Crippen molar-refractivity contribution in [2.45, 2.75) is 32.9 Å². The second-order valence-electron chi connectivity index (χ2n) is 9.33. The molecule has 0 unspecified atom stereocenters. The Morgan fingerprint density at radius 2 is 1.81 bits per heavy atom. The van der Waals surface area contributed by atoms with Gasteiger partial charge in [-0.2, -0.15) is 0 Å². The number of carboxylic acid groups (broad SMARTS) is 1. The van der Waals surface area contributed by atoms with E-state index in [0.717, 1.165) is 39.3 Å². The predicted molar refractivity (Wildman–Crippen MR) is 146 cm³/mol. The molecule has 1 heterocycles. The lowest BCUT2D eigenvalue weighted by molar-refractivity contribution is -0.136. The van der Waals surface area contributed by atoms with Gasteiger partial charge >= 0.3 is 5.97 Å². The van der Waals surface area contributed by atoms with E-state index in [1.165, 1.54) is 0 Å². The lowest BCUT2D eigenvalue weighted by Gasteiger charge is -2.24. The molecule has 3 aromatic carbocycles. The summed E-state index contributed by atoms with van der Waals surface area (Å²) >= 11 is 0. The highest BCUT2D eigenvalue weighted by molar-refractivity contribution is 5.84. The number of nitrogens with one attached hydrogen (secondary N) is 2. The zero-order valence-electron chi connectivity index (χ0n) is 21.5. The average molecular weight is 503 g/mol. The zero-order valence-corrected chi connectivity index (χ0v) is 21.5. The molecule has 0 aliphatic rings. The maximum Gasteiger partial charge on any atom is 0.304 e. The summed E-state index contributed by atoms with van der Waals surface area (Å²) in [7, 11) is 1.65. The largest absolute Gasteiger partial charge is 0.496 e. The van der Waals surface area contributed by atoms with Crippen molar-refractivity contribution in [1.29, 1.82) is 0 Å². The van der Waals surface area contributed by atoms with Gasteiger partial charge in [-0.1, -0.05) is 44.2 Å². The van der Waals surface area contributed by atoms with Gasteiger partial charge in [0.25, 0.3) is 0 Å². The van der Waals surface area contributed by atoms with Gasteiger partial charge in [-0.25, -0.2) is 0 Å². The van der Waals surface area contributed by atoms with Crippen molar-refractivity contribution >= 4 is 22.6 Å². The first-order valence-electron chi connectivity index (χ1n) is 12.5. The van der Waals surface area contributed by atoms with Crippen molar-refractivity contribution in [3.8, 4) is 22.8 Å². The molecule has 0 amide bonds. The van der Waals surface area contributed by atoms with E-state index < -0.39 is 5.97 Å². The fraction of sp³-hybridized carbons (Fsp3) is 0.300. The molecule has 37 heavy (non-hydrogen) atoms. The van der Waals surface area contributed by atoms with E-state index in [1.807, 2.05) is 72.8 Å². The van der Waals surface area contributed by atoms with E-state index in [2.05, 4.69) is 24.5 Å². The maximum atomic E-state index is 10.6. The molecular formula is C30H34N2O5. The molecule has 4 aromatic rings. The fourth-order valence-electron chi connectivity index (χ4n) is 4.03. The molecule has 194 valence electrons. The second kappa shape index (κ2) is 12.3. The topological polar surface area (TPSA) is 93.0 Å². The normalized spacial score (nSPS) is 12.0. The monoisotopic (exact) mass is 502 g/mol. The standard InChI is InChI=1S/C30H34N2O5/c1-20(2)26(32-23-10-8-21(9-11-23)18-31-15-14-30(33)34)19-36-24-12-13-25(28(17-24)35-3)29-16-22-6-4-5-7-27(22)37-29/h4-13,16-17,20,26,31-32H,14-15,18-19H2,1-3H3,(H,33,34)/t26-/m1/s1. The average Bonchev–Trinajstić information content (AvgIpc) is 3.33. The summed E-state index contributed by atoms with van der Waals surface area (Å²) in [6.07, 6.45) is 0.115. The van der Waals surface area contributed by atoms with Crippen LogP contribution in [0.2, 0.25) is 0 Å². The Hall–Kier alpha value is -3.97. The van der Waals surface area contributed by atoms with Crippen LogP contribution in [0, 0.1) is 5.92 Å². The van der Waals surface area contributed by atoms with Crippen molar-refractivity contribution in [2.75, 3.05) is 25.6 Å². The minimum atomic E-state index is -0.797. The molecule has 4 rings (SSSR count). The van der Waals surface area contributed by atoms with Gasteiger partial charge in [-0.05, 0) is 47.9 Å². The van der Waals surface area contributed by atoms with Gasteiger partial charge < -0.3 is 29.6 Å². The zero-order chi connectivity index (χ0) is 26.2. The molecule has 1 atom stereocenters. The highest BCUT2D eigenvalue weighted by Crippen LogP contribution is 2.36. The van der Waals surface area contributed by atoms with Gasteiger partial charge in [0.2, 0.25) is 0 Å². The SMILES string of the molecule is COc1cc(OC[C@@H](Nc2ccc(CNCCC(=O)O)cc2)C(C)C)ccc1-c1cc2ccccc2o1. The van der Waals surface area contributed by atoms with Crippen LogP contribution in [0.25, 0.3) is 22.3 Å². The van der Waals surface area contributed by atoms with Crippen LogP contribution in [0.1, 0.15) is 25.8 Å². The Morgan fingerprint density at radius 3 is 2.51 bits per heavy atom. The first-order chi connectivity index (χ1) is 17.9. The Morgan fingerprint density at radius 1 is 1.03 bits per heavy atom. The first kappa shape index (κ1) is 26.1. The van der Waals surface area contributed by atoms with Crippen LogP contribution >= 0.6 is 0 Å². The molecule has 0 saturated heterocycles. The minimum absolute atomic E-state index is 0.0978. The minimum Gasteiger partial charge on any atom is -0.496 e. The van der Waals surface area contributed by atoms with Crippen LogP contribution in [-0.2, 0) is 11.3 Å². The molecule has 0 aliphatic carbocycles. The van der Waals surface area contributed by atoms with E-state index in [9.17, 15) is 4.79 Å². The fourth-order valence-corrected chi connectivity index (χ4v) is 4.03. The summed E-state index contributed by atoms with van der Waals surface area (Å²) in [5.74, 6) is 1.72. The van der Waals surface area contributed by atoms with Crippen molar-refractivity contribution in [3.63, 3.8) is 0 Å². The van der Waals surface area contributed by atoms with Gasteiger partial charge in [-0.15, -0.1) is 0 Å². The molecule has 0 bridgehead atoms. The van der Waals surface area contributed by atoms with E-state index in [-0.39, 0.29) is 12.5 Å². The number of ether oxygens (including phenoxy) is 2. The van der Waals surface area contributed by atoms with Crippen molar-refractivity contribution in [3.05, 3.63) is 78.4 Å². The third-order valence-corrected chi connectivity index (χ3v) is 6.25. The lowest BCUT2D eigenvalue weighted by Crippen LogP contribution is -2.32. The smallest absolute Gasteiger partial charge is 0.304 e. The number of carbonyl (C=O) groups is 1. The third-order valence-electron chi connectivity index (χ3n) is 6.25. The molecule has 0 radical (unpaired) electrons. The number of rotatable bonds is 13. The predicted octanol–water partition coefficient (Wildman–Crippen LogP) is 6.19. The number of fused-ring (bicyclic) bond motifs is 1. The number of anilines is 1. The molecule has 0 fully saturated rings. The molecular weight excluding hydrogens is 468 g/mol. The number of carboxylic acids is 1. The molecule has 0 spiro atoms. The summed E-state index contributed by atoms with van der Waals surface area (Å²) < 4.78 is 17.8. The molecule has 7 heteroatoms. The van der Waals surface area contributed by atoms with Crippen molar-refractivity contribution in [1.82, 2.24) is 5.32 Å².